The van der Waals surface area contributed by atoms with E-state index in [9.17, 15) is 0 Å². The molecule has 0 aliphatic rings. The topological polar surface area (TPSA) is 37.8 Å². The van der Waals surface area contributed by atoms with Crippen LogP contribution in [0.4, 0.5) is 5.95 Å². The zero-order chi connectivity index (χ0) is 8.97. The van der Waals surface area contributed by atoms with Gasteiger partial charge in [-0.15, -0.1) is 11.8 Å². The van der Waals surface area contributed by atoms with Gasteiger partial charge in [-0.1, -0.05) is 0 Å². The normalized spacial score (nSPS) is 9.92. The largest absolute Gasteiger partial charge is 0.354 e. The van der Waals surface area contributed by atoms with Gasteiger partial charge in [-0.2, -0.15) is 0 Å². The van der Waals surface area contributed by atoms with Crippen LogP contribution in [0.25, 0.3) is 0 Å². The molecule has 0 saturated heterocycles. The highest BCUT2D eigenvalue weighted by molar-refractivity contribution is 7.98. The van der Waals surface area contributed by atoms with Crippen molar-refractivity contribution in [2.45, 2.75) is 18.9 Å². The summed E-state index contributed by atoms with van der Waals surface area (Å²) in [5, 5.41) is 4.10. The smallest absolute Gasteiger partial charge is 0.223 e. The molecule has 1 heterocycles. The van der Waals surface area contributed by atoms with Crippen LogP contribution >= 0.6 is 11.8 Å². The van der Waals surface area contributed by atoms with Gasteiger partial charge in [-0.25, -0.2) is 9.97 Å². The molecule has 1 N–H and O–H groups in total. The van der Waals surface area contributed by atoms with E-state index in [2.05, 4.69) is 15.3 Å². The van der Waals surface area contributed by atoms with Crippen molar-refractivity contribution in [1.29, 1.82) is 0 Å². The minimum atomic E-state index is 0.724. The third-order valence-electron chi connectivity index (χ3n) is 1.37. The molecule has 0 aliphatic heterocycles. The van der Waals surface area contributed by atoms with Crippen LogP contribution in [-0.4, -0.2) is 22.8 Å². The first-order chi connectivity index (χ1) is 5.76. The molecule has 3 nitrogen and oxygen atoms in total. The van der Waals surface area contributed by atoms with Gasteiger partial charge < -0.3 is 5.32 Å². The number of hydrogen-bond donors (Lipinski definition) is 1. The SMILES string of the molecule is CCNc1nc(C)cc(SC)n1. The lowest BCUT2D eigenvalue weighted by Gasteiger charge is -2.03. The van der Waals surface area contributed by atoms with E-state index in [1.165, 1.54) is 0 Å². The predicted octanol–water partition coefficient (Wildman–Crippen LogP) is 1.94. The van der Waals surface area contributed by atoms with Gasteiger partial charge in [0, 0.05) is 12.2 Å². The average molecular weight is 183 g/mol. The molecule has 0 aromatic carbocycles. The summed E-state index contributed by atoms with van der Waals surface area (Å²) in [7, 11) is 0. The summed E-state index contributed by atoms with van der Waals surface area (Å²) in [6, 6.07) is 1.98. The Morgan fingerprint density at radius 2 is 2.25 bits per heavy atom. The number of nitrogens with zero attached hydrogens (tertiary/aromatic N) is 2. The minimum absolute atomic E-state index is 0.724. The number of thioether (sulfide) groups is 1. The number of anilines is 1. The van der Waals surface area contributed by atoms with E-state index in [1.807, 2.05) is 26.2 Å². The first-order valence-electron chi connectivity index (χ1n) is 3.89. The van der Waals surface area contributed by atoms with Gasteiger partial charge in [0.25, 0.3) is 0 Å². The predicted molar refractivity (Wildman–Crippen MR) is 52.7 cm³/mol. The Bertz CT molecular complexity index is 262. The minimum Gasteiger partial charge on any atom is -0.354 e. The Kier molecular flexibility index (Phi) is 3.34. The van der Waals surface area contributed by atoms with E-state index >= 15 is 0 Å². The molecule has 1 aromatic rings. The second-order valence-electron chi connectivity index (χ2n) is 2.41. The maximum Gasteiger partial charge on any atom is 0.223 e. The third-order valence-corrected chi connectivity index (χ3v) is 2.00. The highest BCUT2D eigenvalue weighted by atomic mass is 32.2. The number of rotatable bonds is 3. The molecule has 0 amide bonds. The molecular weight excluding hydrogens is 170 g/mol. The highest BCUT2D eigenvalue weighted by Crippen LogP contribution is 2.13. The molecule has 0 bridgehead atoms. The molecule has 1 aromatic heterocycles. The van der Waals surface area contributed by atoms with Gasteiger partial charge in [0.2, 0.25) is 5.95 Å². The Hall–Kier alpha value is -0.770. The monoisotopic (exact) mass is 183 g/mol. The lowest BCUT2D eigenvalue weighted by molar-refractivity contribution is 0.986. The molecule has 12 heavy (non-hydrogen) atoms. The Morgan fingerprint density at radius 1 is 1.50 bits per heavy atom. The molecular formula is C8H13N3S. The van der Waals surface area contributed by atoms with E-state index in [4.69, 9.17) is 0 Å². The maximum atomic E-state index is 4.28. The Balaban J connectivity index is 2.90. The molecule has 0 fully saturated rings. The summed E-state index contributed by atoms with van der Waals surface area (Å²) in [4.78, 5) is 8.52. The number of aryl methyl sites for hydroxylation is 1. The lowest BCUT2D eigenvalue weighted by Crippen LogP contribution is -2.03. The van der Waals surface area contributed by atoms with Crippen LogP contribution < -0.4 is 5.32 Å². The summed E-state index contributed by atoms with van der Waals surface area (Å²) in [6.45, 7) is 4.87. The standard InChI is InChI=1S/C8H13N3S/c1-4-9-8-10-6(2)5-7(11-8)12-3/h5H,4H2,1-3H3,(H,9,10,11). The highest BCUT2D eigenvalue weighted by Gasteiger charge is 1.98. The van der Waals surface area contributed by atoms with Crippen LogP contribution in [0.3, 0.4) is 0 Å². The number of nitrogens with one attached hydrogen (secondary N) is 1. The van der Waals surface area contributed by atoms with E-state index < -0.39 is 0 Å². The number of hydrogen-bond acceptors (Lipinski definition) is 4. The van der Waals surface area contributed by atoms with Crippen molar-refractivity contribution in [2.24, 2.45) is 0 Å². The Morgan fingerprint density at radius 3 is 2.83 bits per heavy atom. The lowest BCUT2D eigenvalue weighted by atomic mass is 10.5. The zero-order valence-electron chi connectivity index (χ0n) is 7.59. The zero-order valence-corrected chi connectivity index (χ0v) is 8.40. The molecule has 1 rings (SSSR count). The molecule has 0 radical (unpaired) electrons. The fraction of sp³-hybridized carbons (Fsp3) is 0.500. The summed E-state index contributed by atoms with van der Waals surface area (Å²) >= 11 is 1.63. The van der Waals surface area contributed by atoms with E-state index in [0.29, 0.717) is 0 Å². The Labute approximate surface area is 77.0 Å². The van der Waals surface area contributed by atoms with Crippen LogP contribution in [0.2, 0.25) is 0 Å². The summed E-state index contributed by atoms with van der Waals surface area (Å²) in [5.74, 6) is 0.724. The second-order valence-corrected chi connectivity index (χ2v) is 3.23. The van der Waals surface area contributed by atoms with E-state index in [1.54, 1.807) is 11.8 Å². The molecule has 66 valence electrons. The van der Waals surface area contributed by atoms with E-state index in [0.717, 1.165) is 23.2 Å². The van der Waals surface area contributed by atoms with Gasteiger partial charge in [-0.3, -0.25) is 0 Å². The van der Waals surface area contributed by atoms with Crippen molar-refractivity contribution in [3.8, 4) is 0 Å². The van der Waals surface area contributed by atoms with Gasteiger partial charge in [0.15, 0.2) is 0 Å². The second kappa shape index (κ2) is 4.30. The van der Waals surface area contributed by atoms with Crippen LogP contribution in [0.1, 0.15) is 12.6 Å². The third kappa shape index (κ3) is 2.37. The molecule has 4 heteroatoms. The summed E-state index contributed by atoms with van der Waals surface area (Å²) in [5.41, 5.74) is 1.00. The van der Waals surface area contributed by atoms with Gasteiger partial charge >= 0.3 is 0 Å². The quantitative estimate of drug-likeness (QED) is 0.574. The molecule has 0 aliphatic carbocycles. The van der Waals surface area contributed by atoms with E-state index in [-0.39, 0.29) is 0 Å². The van der Waals surface area contributed by atoms with Crippen LogP contribution in [0, 0.1) is 6.92 Å². The van der Waals surface area contributed by atoms with Crippen LogP contribution in [-0.2, 0) is 0 Å². The molecule has 0 unspecified atom stereocenters. The van der Waals surface area contributed by atoms with Crippen molar-refractivity contribution in [3.63, 3.8) is 0 Å². The van der Waals surface area contributed by atoms with Crippen LogP contribution in [0.15, 0.2) is 11.1 Å². The average Bonchev–Trinajstić information content (AvgIpc) is 2.04. The maximum absolute atomic E-state index is 4.28. The first-order valence-corrected chi connectivity index (χ1v) is 5.12. The van der Waals surface area contributed by atoms with Gasteiger partial charge in [0.1, 0.15) is 5.03 Å². The first kappa shape index (κ1) is 9.32. The van der Waals surface area contributed by atoms with Gasteiger partial charge in [-0.05, 0) is 26.2 Å². The fourth-order valence-corrected chi connectivity index (χ4v) is 1.35. The van der Waals surface area contributed by atoms with Gasteiger partial charge in [0.05, 0.1) is 0 Å². The van der Waals surface area contributed by atoms with Crippen molar-refractivity contribution in [3.05, 3.63) is 11.8 Å². The number of aromatic nitrogens is 2. The molecule has 0 atom stereocenters. The van der Waals surface area contributed by atoms with Crippen molar-refractivity contribution < 1.29 is 0 Å². The van der Waals surface area contributed by atoms with Crippen molar-refractivity contribution >= 4 is 17.7 Å². The molecule has 0 saturated carbocycles. The summed E-state index contributed by atoms with van der Waals surface area (Å²) < 4.78 is 0. The van der Waals surface area contributed by atoms with Crippen molar-refractivity contribution in [1.82, 2.24) is 9.97 Å². The summed E-state index contributed by atoms with van der Waals surface area (Å²) in [6.07, 6.45) is 2.01. The van der Waals surface area contributed by atoms with Crippen molar-refractivity contribution in [2.75, 3.05) is 18.1 Å². The van der Waals surface area contributed by atoms with Crippen LogP contribution in [0.5, 0.6) is 0 Å². The molecule has 0 spiro atoms. The fourth-order valence-electron chi connectivity index (χ4n) is 0.881.